The number of hydrogen-bond donors (Lipinski definition) is 5. The number of aliphatic hydroxyl groups excluding tert-OH is 2. The molecule has 0 heterocycles. The van der Waals surface area contributed by atoms with Gasteiger partial charge in [-0.25, -0.2) is 4.57 Å². The fraction of sp³-hybridized carbons (Fsp3) is 0.857. The van der Waals surface area contributed by atoms with Gasteiger partial charge in [-0.3, -0.25) is 13.8 Å². The summed E-state index contributed by atoms with van der Waals surface area (Å²) < 4.78 is 22.0. The molecule has 0 spiro atoms. The lowest BCUT2D eigenvalue weighted by Gasteiger charge is -2.25. The number of nitrogens with one attached hydrogen (secondary N) is 1. The van der Waals surface area contributed by atoms with E-state index in [4.69, 9.17) is 14.8 Å². The molecule has 0 aromatic rings. The Kier molecular flexibility index (Phi) is 30.8. The van der Waals surface area contributed by atoms with E-state index in [9.17, 15) is 24.5 Å². The third-order valence-electron chi connectivity index (χ3n) is 7.87. The molecule has 0 aliphatic rings. The quantitative estimate of drug-likeness (QED) is 0.0270. The first-order chi connectivity index (χ1) is 21.8. The first kappa shape index (κ1) is 43.9. The average Bonchev–Trinajstić information content (AvgIpc) is 3.01. The van der Waals surface area contributed by atoms with Crippen LogP contribution in [0.15, 0.2) is 24.3 Å². The molecule has 266 valence electrons. The highest BCUT2D eigenvalue weighted by Gasteiger charge is 2.28. The molecular formula is C35H69N2O7P. The van der Waals surface area contributed by atoms with Gasteiger partial charge in [-0.2, -0.15) is 0 Å². The van der Waals surface area contributed by atoms with Crippen molar-refractivity contribution in [2.24, 2.45) is 5.73 Å². The van der Waals surface area contributed by atoms with Crippen LogP contribution in [0, 0.1) is 0 Å². The van der Waals surface area contributed by atoms with Crippen LogP contribution in [0.4, 0.5) is 0 Å². The van der Waals surface area contributed by atoms with Gasteiger partial charge >= 0.3 is 7.82 Å². The smallest absolute Gasteiger partial charge is 0.391 e. The van der Waals surface area contributed by atoms with Crippen molar-refractivity contribution in [2.75, 3.05) is 19.8 Å². The molecule has 0 fully saturated rings. The van der Waals surface area contributed by atoms with Gasteiger partial charge in [0.1, 0.15) is 0 Å². The Morgan fingerprint density at radius 3 is 1.87 bits per heavy atom. The number of phosphoric ester groups is 1. The van der Waals surface area contributed by atoms with E-state index in [0.29, 0.717) is 12.8 Å². The summed E-state index contributed by atoms with van der Waals surface area (Å²) in [5.74, 6) is -0.483. The Bertz CT molecular complexity index is 781. The standard InChI is InChI=1S/C35H69N2O7P/c1-3-5-7-9-11-13-15-17-19-21-23-25-27-34(39)33(31-44-45(41,42)43-29-28-36)37-35(40)30-32(38)26-24-22-20-18-16-14-12-10-8-6-4-2/h18,20,24,26,32-34,38-39H,3-17,19,21-23,25,27-31,36H2,1-2H3,(H,37,40)(H,41,42)/b20-18-,26-24-. The molecule has 6 N–H and O–H groups in total. The van der Waals surface area contributed by atoms with E-state index in [1.807, 2.05) is 6.08 Å². The normalized spacial score (nSPS) is 15.4. The number of hydrogen-bond acceptors (Lipinski definition) is 7. The molecule has 0 aliphatic carbocycles. The number of phosphoric acid groups is 1. The van der Waals surface area contributed by atoms with Gasteiger partial charge in [0.15, 0.2) is 0 Å². The Labute approximate surface area is 275 Å². The zero-order valence-corrected chi connectivity index (χ0v) is 29.6. The van der Waals surface area contributed by atoms with Crippen LogP contribution in [0.3, 0.4) is 0 Å². The highest BCUT2D eigenvalue weighted by Crippen LogP contribution is 2.43. The highest BCUT2D eigenvalue weighted by molar-refractivity contribution is 7.47. The third-order valence-corrected chi connectivity index (χ3v) is 8.85. The highest BCUT2D eigenvalue weighted by atomic mass is 31.2. The van der Waals surface area contributed by atoms with E-state index in [-0.39, 0.29) is 19.6 Å². The Balaban J connectivity index is 4.53. The maximum absolute atomic E-state index is 12.7. The van der Waals surface area contributed by atoms with Crippen molar-refractivity contribution >= 4 is 13.7 Å². The predicted molar refractivity (Wildman–Crippen MR) is 186 cm³/mol. The summed E-state index contributed by atoms with van der Waals surface area (Å²) in [4.78, 5) is 22.6. The molecule has 0 aliphatic heterocycles. The van der Waals surface area contributed by atoms with Crippen molar-refractivity contribution in [1.29, 1.82) is 0 Å². The molecule has 4 atom stereocenters. The third kappa shape index (κ3) is 30.0. The minimum absolute atomic E-state index is 0.0516. The van der Waals surface area contributed by atoms with E-state index in [1.54, 1.807) is 6.08 Å². The van der Waals surface area contributed by atoms with Gasteiger partial charge in [0.25, 0.3) is 0 Å². The zero-order valence-electron chi connectivity index (χ0n) is 28.7. The van der Waals surface area contributed by atoms with Crippen LogP contribution in [-0.4, -0.2) is 59.0 Å². The van der Waals surface area contributed by atoms with Gasteiger partial charge in [-0.15, -0.1) is 0 Å². The Morgan fingerprint density at radius 1 is 0.778 bits per heavy atom. The van der Waals surface area contributed by atoms with Crippen molar-refractivity contribution in [3.05, 3.63) is 24.3 Å². The minimum atomic E-state index is -4.38. The van der Waals surface area contributed by atoms with Crippen LogP contribution in [-0.2, 0) is 18.4 Å². The molecule has 0 rings (SSSR count). The molecule has 0 saturated carbocycles. The number of rotatable bonds is 33. The lowest BCUT2D eigenvalue weighted by atomic mass is 10.0. The first-order valence-corrected chi connectivity index (χ1v) is 19.5. The maximum atomic E-state index is 12.7. The molecule has 9 nitrogen and oxygen atoms in total. The number of aliphatic hydroxyl groups is 2. The maximum Gasteiger partial charge on any atom is 0.472 e. The van der Waals surface area contributed by atoms with Crippen molar-refractivity contribution in [2.45, 2.75) is 173 Å². The number of unbranched alkanes of at least 4 members (excludes halogenated alkanes) is 17. The summed E-state index contributed by atoms with van der Waals surface area (Å²) in [5, 5.41) is 23.8. The zero-order chi connectivity index (χ0) is 33.4. The summed E-state index contributed by atoms with van der Waals surface area (Å²) >= 11 is 0. The van der Waals surface area contributed by atoms with Crippen molar-refractivity contribution in [3.8, 4) is 0 Å². The van der Waals surface area contributed by atoms with E-state index >= 15 is 0 Å². The van der Waals surface area contributed by atoms with E-state index < -0.39 is 38.6 Å². The minimum Gasteiger partial charge on any atom is -0.391 e. The lowest BCUT2D eigenvalue weighted by Crippen LogP contribution is -2.47. The summed E-state index contributed by atoms with van der Waals surface area (Å²) in [6.07, 6.45) is 29.6. The summed E-state index contributed by atoms with van der Waals surface area (Å²) in [6, 6.07) is -0.923. The number of amides is 1. The number of allylic oxidation sites excluding steroid dienone is 3. The fourth-order valence-corrected chi connectivity index (χ4v) is 5.88. The second-order valence-corrected chi connectivity index (χ2v) is 13.7. The molecule has 4 unspecified atom stereocenters. The van der Waals surface area contributed by atoms with Gasteiger partial charge in [0, 0.05) is 6.54 Å². The number of nitrogens with two attached hydrogens (primary N) is 1. The van der Waals surface area contributed by atoms with Crippen LogP contribution in [0.2, 0.25) is 0 Å². The van der Waals surface area contributed by atoms with E-state index in [2.05, 4.69) is 31.3 Å². The van der Waals surface area contributed by atoms with Crippen LogP contribution < -0.4 is 11.1 Å². The Morgan fingerprint density at radius 2 is 1.31 bits per heavy atom. The molecule has 0 radical (unpaired) electrons. The lowest BCUT2D eigenvalue weighted by molar-refractivity contribution is -0.124. The molecule has 0 aromatic heterocycles. The van der Waals surface area contributed by atoms with Crippen LogP contribution in [0.5, 0.6) is 0 Å². The molecule has 1 amide bonds. The molecule has 45 heavy (non-hydrogen) atoms. The van der Waals surface area contributed by atoms with Gasteiger partial charge in [-0.1, -0.05) is 147 Å². The summed E-state index contributed by atoms with van der Waals surface area (Å²) in [5.41, 5.74) is 5.33. The molecule has 0 aromatic carbocycles. The fourth-order valence-electron chi connectivity index (χ4n) is 5.12. The van der Waals surface area contributed by atoms with Gasteiger partial charge < -0.3 is 26.2 Å². The summed E-state index contributed by atoms with van der Waals surface area (Å²) in [7, 11) is -4.38. The second-order valence-electron chi connectivity index (χ2n) is 12.3. The van der Waals surface area contributed by atoms with Crippen LogP contribution >= 0.6 is 7.82 Å². The van der Waals surface area contributed by atoms with Crippen molar-refractivity contribution in [1.82, 2.24) is 5.32 Å². The van der Waals surface area contributed by atoms with Gasteiger partial charge in [-0.05, 0) is 25.7 Å². The average molecular weight is 661 g/mol. The molecular weight excluding hydrogens is 591 g/mol. The molecule has 0 bridgehead atoms. The SMILES string of the molecule is CCCCCCCC/C=C\C/C=C\C(O)CC(=O)NC(COP(=O)(O)OCCN)C(O)CCCCCCCCCCCCCC. The first-order valence-electron chi connectivity index (χ1n) is 18.0. The summed E-state index contributed by atoms with van der Waals surface area (Å²) in [6.45, 7) is 3.95. The molecule has 0 saturated heterocycles. The van der Waals surface area contributed by atoms with Gasteiger partial charge in [0.2, 0.25) is 5.91 Å². The number of carbonyl (C=O) groups excluding carboxylic acids is 1. The van der Waals surface area contributed by atoms with E-state index in [1.165, 1.54) is 96.3 Å². The Hall–Kier alpha value is -1.06. The van der Waals surface area contributed by atoms with Crippen molar-refractivity contribution in [3.63, 3.8) is 0 Å². The van der Waals surface area contributed by atoms with Crippen molar-refractivity contribution < 1.29 is 33.5 Å². The topological polar surface area (TPSA) is 151 Å². The van der Waals surface area contributed by atoms with Crippen LogP contribution in [0.25, 0.3) is 0 Å². The van der Waals surface area contributed by atoms with E-state index in [0.717, 1.165) is 25.7 Å². The predicted octanol–water partition coefficient (Wildman–Crippen LogP) is 8.02. The largest absolute Gasteiger partial charge is 0.472 e. The second kappa shape index (κ2) is 31.5. The monoisotopic (exact) mass is 660 g/mol. The molecule has 10 heteroatoms. The number of carbonyl (C=O) groups is 1. The van der Waals surface area contributed by atoms with Gasteiger partial charge in [0.05, 0.1) is 37.9 Å². The van der Waals surface area contributed by atoms with Crippen LogP contribution in [0.1, 0.15) is 155 Å².